The molecule has 1 heterocycles. The van der Waals surface area contributed by atoms with Crippen molar-refractivity contribution < 1.29 is 4.79 Å². The first-order valence-corrected chi connectivity index (χ1v) is 9.76. The van der Waals surface area contributed by atoms with Crippen molar-refractivity contribution >= 4 is 17.2 Å². The van der Waals surface area contributed by atoms with Gasteiger partial charge in [0.25, 0.3) is 0 Å². The molecule has 1 aliphatic carbocycles. The molecule has 3 rings (SSSR count). The molecule has 1 saturated carbocycles. The lowest BCUT2D eigenvalue weighted by atomic mass is 9.89. The van der Waals surface area contributed by atoms with Crippen LogP contribution in [-0.4, -0.2) is 17.4 Å². The van der Waals surface area contributed by atoms with Crippen molar-refractivity contribution in [3.05, 3.63) is 40.4 Å². The fourth-order valence-electron chi connectivity index (χ4n) is 3.29. The standard InChI is InChI=1S/C20H26N2OS/c1-14-8-10-17(11-9-14)20-22-15(2)18(24-20)12-13-21-19(23)16-6-4-3-5-7-16/h8-11,16H,3-7,12-13H2,1-2H3,(H,21,23). The Morgan fingerprint density at radius 2 is 1.88 bits per heavy atom. The summed E-state index contributed by atoms with van der Waals surface area (Å²) in [6, 6.07) is 8.50. The first-order valence-electron chi connectivity index (χ1n) is 8.94. The highest BCUT2D eigenvalue weighted by atomic mass is 32.1. The van der Waals surface area contributed by atoms with Crippen molar-refractivity contribution in [2.45, 2.75) is 52.4 Å². The topological polar surface area (TPSA) is 42.0 Å². The molecule has 2 aromatic rings. The number of nitrogens with one attached hydrogen (secondary N) is 1. The van der Waals surface area contributed by atoms with E-state index in [9.17, 15) is 4.79 Å². The van der Waals surface area contributed by atoms with Crippen LogP contribution < -0.4 is 5.32 Å². The number of carbonyl (C=O) groups is 1. The fourth-order valence-corrected chi connectivity index (χ4v) is 4.36. The average molecular weight is 343 g/mol. The molecule has 3 nitrogen and oxygen atoms in total. The van der Waals surface area contributed by atoms with Gasteiger partial charge in [-0.2, -0.15) is 0 Å². The van der Waals surface area contributed by atoms with E-state index in [1.165, 1.54) is 35.3 Å². The molecule has 1 amide bonds. The summed E-state index contributed by atoms with van der Waals surface area (Å²) in [7, 11) is 0. The highest BCUT2D eigenvalue weighted by molar-refractivity contribution is 7.15. The molecule has 0 aliphatic heterocycles. The summed E-state index contributed by atoms with van der Waals surface area (Å²) in [5, 5.41) is 4.19. The first kappa shape index (κ1) is 17.2. The van der Waals surface area contributed by atoms with E-state index in [0.717, 1.165) is 30.0 Å². The zero-order chi connectivity index (χ0) is 16.9. The molecule has 1 fully saturated rings. The minimum absolute atomic E-state index is 0.240. The maximum atomic E-state index is 12.2. The van der Waals surface area contributed by atoms with Crippen molar-refractivity contribution in [3.63, 3.8) is 0 Å². The lowest BCUT2D eigenvalue weighted by Gasteiger charge is -2.20. The summed E-state index contributed by atoms with van der Waals surface area (Å²) < 4.78 is 0. The third kappa shape index (κ3) is 4.23. The van der Waals surface area contributed by atoms with Crippen LogP contribution >= 0.6 is 11.3 Å². The third-order valence-electron chi connectivity index (χ3n) is 4.82. The first-order chi connectivity index (χ1) is 11.6. The van der Waals surface area contributed by atoms with Crippen LogP contribution in [0.25, 0.3) is 10.6 Å². The van der Waals surface area contributed by atoms with Crippen LogP contribution in [0.5, 0.6) is 0 Å². The smallest absolute Gasteiger partial charge is 0.223 e. The van der Waals surface area contributed by atoms with E-state index in [2.05, 4.69) is 43.4 Å². The predicted molar refractivity (Wildman–Crippen MR) is 100 cm³/mol. The summed E-state index contributed by atoms with van der Waals surface area (Å²) in [5.74, 6) is 0.486. The lowest BCUT2D eigenvalue weighted by molar-refractivity contribution is -0.125. The minimum atomic E-state index is 0.240. The third-order valence-corrected chi connectivity index (χ3v) is 6.08. The fraction of sp³-hybridized carbons (Fsp3) is 0.500. The van der Waals surface area contributed by atoms with Gasteiger partial charge in [-0.25, -0.2) is 4.98 Å². The number of thiazole rings is 1. The summed E-state index contributed by atoms with van der Waals surface area (Å²) in [6.07, 6.45) is 6.67. The number of aryl methyl sites for hydroxylation is 2. The van der Waals surface area contributed by atoms with Crippen LogP contribution in [0.2, 0.25) is 0 Å². The largest absolute Gasteiger partial charge is 0.356 e. The van der Waals surface area contributed by atoms with Crippen LogP contribution in [-0.2, 0) is 11.2 Å². The van der Waals surface area contributed by atoms with Crippen molar-refractivity contribution in [1.29, 1.82) is 0 Å². The van der Waals surface area contributed by atoms with Crippen LogP contribution in [0.4, 0.5) is 0 Å². The molecule has 0 bridgehead atoms. The Morgan fingerprint density at radius 1 is 1.17 bits per heavy atom. The molecule has 0 atom stereocenters. The summed E-state index contributed by atoms with van der Waals surface area (Å²) in [4.78, 5) is 18.2. The van der Waals surface area contributed by atoms with Gasteiger partial charge >= 0.3 is 0 Å². The SMILES string of the molecule is Cc1ccc(-c2nc(C)c(CCNC(=O)C3CCCCC3)s2)cc1. The number of aromatic nitrogens is 1. The van der Waals surface area contributed by atoms with Gasteiger partial charge in [0.2, 0.25) is 5.91 Å². The minimum Gasteiger partial charge on any atom is -0.356 e. The van der Waals surface area contributed by atoms with Gasteiger partial charge in [-0.05, 0) is 26.7 Å². The Balaban J connectivity index is 1.55. The summed E-state index contributed by atoms with van der Waals surface area (Å²) in [6.45, 7) is 4.87. The molecule has 1 aliphatic rings. The van der Waals surface area contributed by atoms with E-state index in [1.54, 1.807) is 11.3 Å². The summed E-state index contributed by atoms with van der Waals surface area (Å²) >= 11 is 1.74. The molecule has 4 heteroatoms. The predicted octanol–water partition coefficient (Wildman–Crippen LogP) is 4.67. The zero-order valence-corrected chi connectivity index (χ0v) is 15.4. The quantitative estimate of drug-likeness (QED) is 0.858. The van der Waals surface area contributed by atoms with Crippen molar-refractivity contribution in [1.82, 2.24) is 10.3 Å². The summed E-state index contributed by atoms with van der Waals surface area (Å²) in [5.41, 5.74) is 3.52. The van der Waals surface area contributed by atoms with E-state index in [4.69, 9.17) is 4.98 Å². The van der Waals surface area contributed by atoms with Crippen LogP contribution in [0.15, 0.2) is 24.3 Å². The second kappa shape index (κ2) is 7.93. The maximum absolute atomic E-state index is 12.2. The number of hydrogen-bond acceptors (Lipinski definition) is 3. The van der Waals surface area contributed by atoms with Crippen molar-refractivity contribution in [2.24, 2.45) is 5.92 Å². The van der Waals surface area contributed by atoms with E-state index in [-0.39, 0.29) is 11.8 Å². The Labute approximate surface area is 148 Å². The second-order valence-corrected chi connectivity index (χ2v) is 7.85. The Kier molecular flexibility index (Phi) is 5.67. The molecule has 0 saturated heterocycles. The van der Waals surface area contributed by atoms with E-state index in [1.807, 2.05) is 0 Å². The van der Waals surface area contributed by atoms with Crippen LogP contribution in [0.1, 0.15) is 48.2 Å². The van der Waals surface area contributed by atoms with Crippen LogP contribution in [0, 0.1) is 19.8 Å². The molecule has 1 N–H and O–H groups in total. The number of rotatable bonds is 5. The van der Waals surface area contributed by atoms with Gasteiger partial charge in [0, 0.05) is 29.3 Å². The Hall–Kier alpha value is -1.68. The monoisotopic (exact) mass is 342 g/mol. The lowest BCUT2D eigenvalue weighted by Crippen LogP contribution is -2.33. The van der Waals surface area contributed by atoms with Gasteiger partial charge in [-0.15, -0.1) is 11.3 Å². The van der Waals surface area contributed by atoms with E-state index in [0.29, 0.717) is 6.54 Å². The van der Waals surface area contributed by atoms with Crippen molar-refractivity contribution in [2.75, 3.05) is 6.54 Å². The molecule has 1 aromatic heterocycles. The molecule has 128 valence electrons. The average Bonchev–Trinajstić information content (AvgIpc) is 2.97. The molecule has 24 heavy (non-hydrogen) atoms. The number of nitrogens with zero attached hydrogens (tertiary/aromatic N) is 1. The van der Waals surface area contributed by atoms with Gasteiger partial charge in [-0.3, -0.25) is 4.79 Å². The van der Waals surface area contributed by atoms with Gasteiger partial charge in [0.15, 0.2) is 0 Å². The number of benzene rings is 1. The highest BCUT2D eigenvalue weighted by Crippen LogP contribution is 2.28. The molecule has 0 radical (unpaired) electrons. The molecular weight excluding hydrogens is 316 g/mol. The second-order valence-electron chi connectivity index (χ2n) is 6.77. The number of hydrogen-bond donors (Lipinski definition) is 1. The normalized spacial score (nSPS) is 15.4. The molecule has 0 spiro atoms. The number of carbonyl (C=O) groups excluding carboxylic acids is 1. The molecular formula is C20H26N2OS. The van der Waals surface area contributed by atoms with Gasteiger partial charge < -0.3 is 5.32 Å². The van der Waals surface area contributed by atoms with Gasteiger partial charge in [0.05, 0.1) is 5.69 Å². The van der Waals surface area contributed by atoms with E-state index < -0.39 is 0 Å². The van der Waals surface area contributed by atoms with Gasteiger partial charge in [-0.1, -0.05) is 49.1 Å². The molecule has 0 unspecified atom stereocenters. The number of amides is 1. The molecule has 1 aromatic carbocycles. The maximum Gasteiger partial charge on any atom is 0.223 e. The van der Waals surface area contributed by atoms with E-state index >= 15 is 0 Å². The van der Waals surface area contributed by atoms with Crippen molar-refractivity contribution in [3.8, 4) is 10.6 Å². The van der Waals surface area contributed by atoms with Crippen LogP contribution in [0.3, 0.4) is 0 Å². The Morgan fingerprint density at radius 3 is 2.58 bits per heavy atom. The van der Waals surface area contributed by atoms with Gasteiger partial charge in [0.1, 0.15) is 5.01 Å². The Bertz CT molecular complexity index is 684. The highest BCUT2D eigenvalue weighted by Gasteiger charge is 2.20. The zero-order valence-electron chi connectivity index (χ0n) is 14.6.